The fourth-order valence-corrected chi connectivity index (χ4v) is 2.00. The number of hydrogen-bond acceptors (Lipinski definition) is 3. The average Bonchev–Trinajstić information content (AvgIpc) is 2.25. The summed E-state index contributed by atoms with van der Waals surface area (Å²) in [6, 6.07) is 7.65. The number of benzene rings is 1. The fraction of sp³-hybridized carbons (Fsp3) is 0.0909. The smallest absolute Gasteiger partial charge is 0.305 e. The van der Waals surface area contributed by atoms with Crippen LogP contribution in [-0.4, -0.2) is 9.97 Å². The topological polar surface area (TPSA) is 45.8 Å². The molecule has 2 rings (SSSR count). The van der Waals surface area contributed by atoms with Crippen molar-refractivity contribution in [2.45, 2.75) is 11.9 Å². The van der Waals surface area contributed by atoms with Crippen molar-refractivity contribution in [3.05, 3.63) is 46.2 Å². The molecular formula is C11H10N2OS. The summed E-state index contributed by atoms with van der Waals surface area (Å²) in [5.41, 5.74) is 0.519. The van der Waals surface area contributed by atoms with Crippen LogP contribution < -0.4 is 5.69 Å². The Bertz CT molecular complexity index is 560. The maximum atomic E-state index is 11.3. The summed E-state index contributed by atoms with van der Waals surface area (Å²) in [5, 5.41) is 3.63. The van der Waals surface area contributed by atoms with Crippen molar-refractivity contribution < 1.29 is 0 Å². The quantitative estimate of drug-likeness (QED) is 0.622. The molecule has 0 atom stereocenters. The molecule has 2 aromatic rings. The molecule has 0 radical (unpaired) electrons. The highest BCUT2D eigenvalue weighted by Crippen LogP contribution is 2.23. The second-order valence-electron chi connectivity index (χ2n) is 2.98. The van der Waals surface area contributed by atoms with Crippen LogP contribution in [0.1, 0.15) is 6.92 Å². The number of nitrogens with zero attached hydrogens (tertiary/aromatic N) is 1. The van der Waals surface area contributed by atoms with E-state index in [1.807, 2.05) is 42.7 Å². The summed E-state index contributed by atoms with van der Waals surface area (Å²) in [4.78, 5) is 17.9. The van der Waals surface area contributed by atoms with Gasteiger partial charge < -0.3 is 4.98 Å². The molecule has 0 saturated heterocycles. The zero-order valence-corrected chi connectivity index (χ0v) is 9.04. The molecule has 4 heteroatoms. The van der Waals surface area contributed by atoms with Crippen molar-refractivity contribution in [2.24, 2.45) is 0 Å². The Hall–Kier alpha value is -1.55. The van der Waals surface area contributed by atoms with Gasteiger partial charge in [0.05, 0.1) is 5.52 Å². The summed E-state index contributed by atoms with van der Waals surface area (Å²) in [5.74, 6) is 0. The largest absolute Gasteiger partial charge is 0.346 e. The van der Waals surface area contributed by atoms with Gasteiger partial charge >= 0.3 is 5.69 Å². The van der Waals surface area contributed by atoms with Gasteiger partial charge in [0.15, 0.2) is 0 Å². The van der Waals surface area contributed by atoms with Crippen LogP contribution in [0.25, 0.3) is 10.9 Å². The Kier molecular flexibility index (Phi) is 2.87. The van der Waals surface area contributed by atoms with Crippen molar-refractivity contribution in [3.8, 4) is 0 Å². The Morgan fingerprint density at radius 1 is 1.40 bits per heavy atom. The maximum Gasteiger partial charge on any atom is 0.346 e. The summed E-state index contributed by atoms with van der Waals surface area (Å²) in [7, 11) is 0. The molecule has 0 bridgehead atoms. The second-order valence-corrected chi connectivity index (χ2v) is 3.87. The monoisotopic (exact) mass is 218 g/mol. The molecule has 0 aliphatic carbocycles. The number of aromatic nitrogens is 2. The van der Waals surface area contributed by atoms with E-state index in [4.69, 9.17) is 0 Å². The van der Waals surface area contributed by atoms with Crippen LogP contribution in [0, 0.1) is 0 Å². The minimum absolute atomic E-state index is 0.305. The lowest BCUT2D eigenvalue weighted by molar-refractivity contribution is 1.03. The Balaban J connectivity index is 2.65. The summed E-state index contributed by atoms with van der Waals surface area (Å²) in [6.45, 7) is 1.93. The van der Waals surface area contributed by atoms with E-state index in [0.717, 1.165) is 15.9 Å². The van der Waals surface area contributed by atoms with Gasteiger partial charge in [-0.1, -0.05) is 36.0 Å². The SMILES string of the molecule is CC=CSc1nc(=O)[nH]c2ccccc12. The van der Waals surface area contributed by atoms with E-state index in [-0.39, 0.29) is 5.69 Å². The summed E-state index contributed by atoms with van der Waals surface area (Å²) in [6.07, 6.45) is 1.92. The van der Waals surface area contributed by atoms with E-state index < -0.39 is 0 Å². The molecule has 76 valence electrons. The number of thioether (sulfide) groups is 1. The number of nitrogens with one attached hydrogen (secondary N) is 1. The van der Waals surface area contributed by atoms with Crippen LogP contribution in [-0.2, 0) is 0 Å². The molecule has 0 aliphatic heterocycles. The first-order valence-electron chi connectivity index (χ1n) is 4.58. The van der Waals surface area contributed by atoms with Crippen LogP contribution in [0.2, 0.25) is 0 Å². The fourth-order valence-electron chi connectivity index (χ4n) is 1.30. The minimum Gasteiger partial charge on any atom is -0.305 e. The van der Waals surface area contributed by atoms with Gasteiger partial charge in [-0.25, -0.2) is 4.79 Å². The lowest BCUT2D eigenvalue weighted by Gasteiger charge is -2.00. The zero-order chi connectivity index (χ0) is 10.7. The highest BCUT2D eigenvalue weighted by molar-refractivity contribution is 8.02. The number of aromatic amines is 1. The van der Waals surface area contributed by atoms with E-state index in [0.29, 0.717) is 0 Å². The van der Waals surface area contributed by atoms with E-state index >= 15 is 0 Å². The molecular weight excluding hydrogens is 208 g/mol. The Labute approximate surface area is 91.2 Å². The van der Waals surface area contributed by atoms with Crippen LogP contribution in [0.4, 0.5) is 0 Å². The Morgan fingerprint density at radius 2 is 2.20 bits per heavy atom. The highest BCUT2D eigenvalue weighted by atomic mass is 32.2. The third kappa shape index (κ3) is 2.10. The van der Waals surface area contributed by atoms with Gasteiger partial charge in [-0.05, 0) is 18.4 Å². The average molecular weight is 218 g/mol. The van der Waals surface area contributed by atoms with Gasteiger partial charge in [-0.2, -0.15) is 4.98 Å². The third-order valence-electron chi connectivity index (χ3n) is 1.92. The number of para-hydroxylation sites is 1. The van der Waals surface area contributed by atoms with Crippen molar-refractivity contribution >= 4 is 22.7 Å². The van der Waals surface area contributed by atoms with Crippen LogP contribution in [0.3, 0.4) is 0 Å². The van der Waals surface area contributed by atoms with Gasteiger partial charge in [0, 0.05) is 5.39 Å². The first-order valence-corrected chi connectivity index (χ1v) is 5.46. The molecule has 0 saturated carbocycles. The van der Waals surface area contributed by atoms with E-state index in [1.165, 1.54) is 11.8 Å². The van der Waals surface area contributed by atoms with E-state index in [9.17, 15) is 4.79 Å². The number of hydrogen-bond donors (Lipinski definition) is 1. The normalized spacial score (nSPS) is 11.3. The summed E-state index contributed by atoms with van der Waals surface area (Å²) >= 11 is 1.45. The number of H-pyrrole nitrogens is 1. The van der Waals surface area contributed by atoms with Crippen LogP contribution in [0.5, 0.6) is 0 Å². The predicted molar refractivity (Wildman–Crippen MR) is 63.0 cm³/mol. The summed E-state index contributed by atoms with van der Waals surface area (Å²) < 4.78 is 0. The van der Waals surface area contributed by atoms with Gasteiger partial charge in [0.1, 0.15) is 5.03 Å². The molecule has 0 amide bonds. The van der Waals surface area contributed by atoms with Crippen molar-refractivity contribution in [1.82, 2.24) is 9.97 Å². The molecule has 0 fully saturated rings. The lowest BCUT2D eigenvalue weighted by Crippen LogP contribution is -2.10. The van der Waals surface area contributed by atoms with Crippen molar-refractivity contribution in [2.75, 3.05) is 0 Å². The lowest BCUT2D eigenvalue weighted by atomic mass is 10.2. The standard InChI is InChI=1S/C11H10N2OS/c1-2-7-15-10-8-5-3-4-6-9(8)12-11(14)13-10/h2-7H,1H3,(H,12,13,14). The molecule has 1 aromatic heterocycles. The van der Waals surface area contributed by atoms with E-state index in [2.05, 4.69) is 9.97 Å². The Morgan fingerprint density at radius 3 is 3.00 bits per heavy atom. The maximum absolute atomic E-state index is 11.3. The molecule has 1 aromatic carbocycles. The van der Waals surface area contributed by atoms with Gasteiger partial charge in [-0.15, -0.1) is 0 Å². The molecule has 3 nitrogen and oxygen atoms in total. The predicted octanol–water partition coefficient (Wildman–Crippen LogP) is 2.55. The third-order valence-corrected chi connectivity index (χ3v) is 2.86. The van der Waals surface area contributed by atoms with Crippen LogP contribution in [0.15, 0.2) is 45.6 Å². The molecule has 1 N–H and O–H groups in total. The zero-order valence-electron chi connectivity index (χ0n) is 8.23. The number of rotatable bonds is 2. The molecule has 0 aliphatic rings. The molecule has 0 unspecified atom stereocenters. The molecule has 1 heterocycles. The minimum atomic E-state index is -0.305. The first kappa shape index (κ1) is 9.98. The highest BCUT2D eigenvalue weighted by Gasteiger charge is 2.02. The van der Waals surface area contributed by atoms with Gasteiger partial charge in [-0.3, -0.25) is 0 Å². The number of allylic oxidation sites excluding steroid dienone is 1. The van der Waals surface area contributed by atoms with Crippen molar-refractivity contribution in [3.63, 3.8) is 0 Å². The molecule has 0 spiro atoms. The van der Waals surface area contributed by atoms with Gasteiger partial charge in [0.2, 0.25) is 0 Å². The van der Waals surface area contributed by atoms with Crippen LogP contribution >= 0.6 is 11.8 Å². The second kappa shape index (κ2) is 4.31. The first-order chi connectivity index (χ1) is 7.31. The molecule has 15 heavy (non-hydrogen) atoms. The van der Waals surface area contributed by atoms with Crippen molar-refractivity contribution in [1.29, 1.82) is 0 Å². The number of fused-ring (bicyclic) bond motifs is 1. The van der Waals surface area contributed by atoms with Gasteiger partial charge in [0.25, 0.3) is 0 Å². The van der Waals surface area contributed by atoms with E-state index in [1.54, 1.807) is 0 Å².